The first-order valence-corrected chi connectivity index (χ1v) is 8.99. The average molecular weight is 378 g/mol. The Balaban J connectivity index is 1.67. The van der Waals surface area contributed by atoms with Gasteiger partial charge in [0, 0.05) is 17.2 Å². The molecular formula is C21H19FN4O2. The number of nitrogen functional groups attached to an aromatic ring is 1. The Kier molecular flexibility index (Phi) is 4.43. The van der Waals surface area contributed by atoms with Gasteiger partial charge in [-0.2, -0.15) is 0 Å². The fourth-order valence-electron chi connectivity index (χ4n) is 2.97. The second-order valence-corrected chi connectivity index (χ2v) is 6.93. The van der Waals surface area contributed by atoms with Crippen molar-refractivity contribution in [3.63, 3.8) is 0 Å². The minimum absolute atomic E-state index is 0.0823. The number of ketones is 1. The molecule has 1 aromatic heterocycles. The van der Waals surface area contributed by atoms with Crippen LogP contribution in [0.5, 0.6) is 0 Å². The lowest BCUT2D eigenvalue weighted by atomic mass is 10.1. The van der Waals surface area contributed by atoms with Crippen LogP contribution in [-0.2, 0) is 0 Å². The van der Waals surface area contributed by atoms with E-state index in [9.17, 15) is 14.0 Å². The molecule has 1 amide bonds. The third-order valence-corrected chi connectivity index (χ3v) is 4.77. The third-order valence-electron chi connectivity index (χ3n) is 4.77. The maximum Gasteiger partial charge on any atom is 0.251 e. The van der Waals surface area contributed by atoms with Crippen LogP contribution < -0.4 is 11.1 Å². The molecule has 28 heavy (non-hydrogen) atoms. The number of carbonyl (C=O) groups excluding carboxylic acids is 2. The summed E-state index contributed by atoms with van der Waals surface area (Å²) in [6.45, 7) is 1.89. The first kappa shape index (κ1) is 17.9. The number of aryl methyl sites for hydroxylation is 1. The minimum atomic E-state index is -0.424. The summed E-state index contributed by atoms with van der Waals surface area (Å²) in [7, 11) is 0. The van der Waals surface area contributed by atoms with E-state index in [1.54, 1.807) is 16.7 Å². The van der Waals surface area contributed by atoms with E-state index in [1.165, 1.54) is 30.6 Å². The van der Waals surface area contributed by atoms with Crippen LogP contribution in [0.1, 0.15) is 44.8 Å². The maximum absolute atomic E-state index is 13.1. The summed E-state index contributed by atoms with van der Waals surface area (Å²) < 4.78 is 14.7. The summed E-state index contributed by atoms with van der Waals surface area (Å²) in [5, 5.41) is 2.95. The monoisotopic (exact) mass is 378 g/mol. The van der Waals surface area contributed by atoms with Crippen LogP contribution in [-0.4, -0.2) is 27.3 Å². The van der Waals surface area contributed by atoms with E-state index in [4.69, 9.17) is 5.73 Å². The van der Waals surface area contributed by atoms with Crippen LogP contribution in [0.25, 0.3) is 5.69 Å². The topological polar surface area (TPSA) is 90.0 Å². The number of amides is 1. The average Bonchev–Trinajstić information content (AvgIpc) is 3.42. The highest BCUT2D eigenvalue weighted by Gasteiger charge is 2.24. The van der Waals surface area contributed by atoms with Crippen LogP contribution >= 0.6 is 0 Å². The van der Waals surface area contributed by atoms with E-state index in [2.05, 4.69) is 10.3 Å². The SMILES string of the molecule is Cc1ccc(C(=O)NC2CC2)cc1-n1cnc(C(=O)c2ccc(F)cc2)c1N. The predicted octanol–water partition coefficient (Wildman–Crippen LogP) is 3.03. The maximum atomic E-state index is 13.1. The molecule has 4 rings (SSSR count). The van der Waals surface area contributed by atoms with Crippen molar-refractivity contribution >= 4 is 17.5 Å². The van der Waals surface area contributed by atoms with Gasteiger partial charge < -0.3 is 11.1 Å². The van der Waals surface area contributed by atoms with Gasteiger partial charge in [-0.3, -0.25) is 14.2 Å². The lowest BCUT2D eigenvalue weighted by Gasteiger charge is -2.12. The Bertz CT molecular complexity index is 1070. The summed E-state index contributed by atoms with van der Waals surface area (Å²) in [4.78, 5) is 29.2. The van der Waals surface area contributed by atoms with Crippen molar-refractivity contribution in [2.24, 2.45) is 0 Å². The van der Waals surface area contributed by atoms with Gasteiger partial charge in [-0.05, 0) is 61.7 Å². The number of hydrogen-bond donors (Lipinski definition) is 2. The lowest BCUT2D eigenvalue weighted by Crippen LogP contribution is -2.25. The summed E-state index contributed by atoms with van der Waals surface area (Å²) in [6, 6.07) is 10.8. The number of rotatable bonds is 5. The smallest absolute Gasteiger partial charge is 0.251 e. The molecule has 1 aliphatic rings. The normalized spacial score (nSPS) is 13.4. The molecule has 1 heterocycles. The van der Waals surface area contributed by atoms with Gasteiger partial charge in [-0.25, -0.2) is 9.37 Å². The molecule has 0 atom stereocenters. The molecule has 3 aromatic rings. The summed E-state index contributed by atoms with van der Waals surface area (Å²) >= 11 is 0. The molecule has 2 aromatic carbocycles. The van der Waals surface area contributed by atoms with Crippen molar-refractivity contribution in [1.29, 1.82) is 0 Å². The molecule has 1 saturated carbocycles. The van der Waals surface area contributed by atoms with Gasteiger partial charge in [0.1, 0.15) is 18.0 Å². The van der Waals surface area contributed by atoms with Crippen molar-refractivity contribution in [1.82, 2.24) is 14.9 Å². The molecule has 0 aliphatic heterocycles. The van der Waals surface area contributed by atoms with E-state index >= 15 is 0 Å². The zero-order valence-corrected chi connectivity index (χ0v) is 15.3. The zero-order chi connectivity index (χ0) is 19.8. The van der Waals surface area contributed by atoms with Crippen molar-refractivity contribution < 1.29 is 14.0 Å². The molecule has 7 heteroatoms. The number of hydrogen-bond acceptors (Lipinski definition) is 4. The number of carbonyl (C=O) groups is 2. The molecule has 1 aliphatic carbocycles. The number of nitrogens with one attached hydrogen (secondary N) is 1. The quantitative estimate of drug-likeness (QED) is 0.668. The van der Waals surface area contributed by atoms with Gasteiger partial charge >= 0.3 is 0 Å². The van der Waals surface area contributed by atoms with E-state index in [-0.39, 0.29) is 23.5 Å². The molecular weight excluding hydrogens is 359 g/mol. The van der Waals surface area contributed by atoms with Gasteiger partial charge in [0.05, 0.1) is 5.69 Å². The van der Waals surface area contributed by atoms with Gasteiger partial charge in [0.15, 0.2) is 5.69 Å². The molecule has 3 N–H and O–H groups in total. The number of aromatic nitrogens is 2. The number of anilines is 1. The number of benzene rings is 2. The second-order valence-electron chi connectivity index (χ2n) is 6.93. The van der Waals surface area contributed by atoms with E-state index in [0.29, 0.717) is 16.8 Å². The largest absolute Gasteiger partial charge is 0.383 e. The standard InChI is InChI=1S/C21H19FN4O2/c1-12-2-3-14(21(28)25-16-8-9-16)10-17(12)26-11-24-18(20(26)23)19(27)13-4-6-15(22)7-5-13/h2-7,10-11,16H,8-9,23H2,1H3,(H,25,28). The highest BCUT2D eigenvalue weighted by Crippen LogP contribution is 2.24. The van der Waals surface area contributed by atoms with Crippen LogP contribution in [0.15, 0.2) is 48.8 Å². The Morgan fingerprint density at radius 3 is 2.50 bits per heavy atom. The first-order chi connectivity index (χ1) is 13.4. The third kappa shape index (κ3) is 3.38. The highest BCUT2D eigenvalue weighted by molar-refractivity contribution is 6.10. The Morgan fingerprint density at radius 2 is 1.82 bits per heavy atom. The van der Waals surface area contributed by atoms with E-state index < -0.39 is 11.6 Å². The fourth-order valence-corrected chi connectivity index (χ4v) is 2.97. The molecule has 0 bridgehead atoms. The van der Waals surface area contributed by atoms with E-state index in [0.717, 1.165) is 18.4 Å². The molecule has 6 nitrogen and oxygen atoms in total. The molecule has 0 spiro atoms. The van der Waals surface area contributed by atoms with Gasteiger partial charge in [-0.15, -0.1) is 0 Å². The number of imidazole rings is 1. The Morgan fingerprint density at radius 1 is 1.14 bits per heavy atom. The molecule has 0 saturated heterocycles. The predicted molar refractivity (Wildman–Crippen MR) is 103 cm³/mol. The zero-order valence-electron chi connectivity index (χ0n) is 15.3. The minimum Gasteiger partial charge on any atom is -0.383 e. The first-order valence-electron chi connectivity index (χ1n) is 8.99. The number of nitrogens with two attached hydrogens (primary N) is 1. The number of nitrogens with zero attached hydrogens (tertiary/aromatic N) is 2. The summed E-state index contributed by atoms with van der Waals surface area (Å²) in [5.74, 6) is -0.786. The van der Waals surface area contributed by atoms with Crippen molar-refractivity contribution in [2.75, 3.05) is 5.73 Å². The highest BCUT2D eigenvalue weighted by atomic mass is 19.1. The molecule has 0 radical (unpaired) electrons. The summed E-state index contributed by atoms with van der Waals surface area (Å²) in [6.07, 6.45) is 3.47. The molecule has 0 unspecified atom stereocenters. The molecule has 142 valence electrons. The van der Waals surface area contributed by atoms with Gasteiger partial charge in [0.2, 0.25) is 5.78 Å². The van der Waals surface area contributed by atoms with Crippen LogP contribution in [0.3, 0.4) is 0 Å². The van der Waals surface area contributed by atoms with E-state index in [1.807, 2.05) is 13.0 Å². The van der Waals surface area contributed by atoms with Crippen molar-refractivity contribution in [3.05, 3.63) is 77.0 Å². The van der Waals surface area contributed by atoms with Gasteiger partial charge in [-0.1, -0.05) is 6.07 Å². The fraction of sp³-hybridized carbons (Fsp3) is 0.190. The van der Waals surface area contributed by atoms with Crippen LogP contribution in [0, 0.1) is 12.7 Å². The summed E-state index contributed by atoms with van der Waals surface area (Å²) in [5.41, 5.74) is 8.65. The van der Waals surface area contributed by atoms with Crippen molar-refractivity contribution in [2.45, 2.75) is 25.8 Å². The Hall–Kier alpha value is -3.48. The Labute approximate surface area is 161 Å². The lowest BCUT2D eigenvalue weighted by molar-refractivity contribution is 0.0950. The van der Waals surface area contributed by atoms with Crippen molar-refractivity contribution in [3.8, 4) is 5.69 Å². The van der Waals surface area contributed by atoms with Crippen LogP contribution in [0.2, 0.25) is 0 Å². The van der Waals surface area contributed by atoms with Gasteiger partial charge in [0.25, 0.3) is 5.91 Å². The van der Waals surface area contributed by atoms with Crippen LogP contribution in [0.4, 0.5) is 10.2 Å². The number of halogens is 1. The molecule has 1 fully saturated rings. The second kappa shape index (κ2) is 6.92.